The average molecular weight is 397 g/mol. The SMILES string of the molecule is Cc1ccccc1C[NH+](C)[C@H](C)c1nc2scc(-c3cccs3)c2c(=O)[nH]1. The summed E-state index contributed by atoms with van der Waals surface area (Å²) in [5.41, 5.74) is 3.55. The maximum absolute atomic E-state index is 12.8. The van der Waals surface area contributed by atoms with Crippen LogP contribution in [0.4, 0.5) is 0 Å². The molecular formula is C21H22N3OS2+. The number of aromatic nitrogens is 2. The fourth-order valence-corrected chi connectivity index (χ4v) is 5.05. The number of rotatable bonds is 5. The van der Waals surface area contributed by atoms with Crippen LogP contribution in [0.15, 0.2) is 52.0 Å². The van der Waals surface area contributed by atoms with Gasteiger partial charge in [-0.25, -0.2) is 4.98 Å². The summed E-state index contributed by atoms with van der Waals surface area (Å²) in [4.78, 5) is 23.9. The lowest BCUT2D eigenvalue weighted by molar-refractivity contribution is -0.924. The van der Waals surface area contributed by atoms with Gasteiger partial charge in [-0.15, -0.1) is 22.7 Å². The summed E-state index contributed by atoms with van der Waals surface area (Å²) in [6, 6.07) is 12.6. The maximum atomic E-state index is 12.8. The minimum atomic E-state index is -0.0461. The lowest BCUT2D eigenvalue weighted by atomic mass is 10.1. The number of aromatic amines is 1. The van der Waals surface area contributed by atoms with Crippen LogP contribution in [-0.4, -0.2) is 17.0 Å². The van der Waals surface area contributed by atoms with Gasteiger partial charge in [0.1, 0.15) is 17.4 Å². The van der Waals surface area contributed by atoms with Crippen LogP contribution >= 0.6 is 22.7 Å². The Hall–Kier alpha value is -2.28. The average Bonchev–Trinajstić information content (AvgIpc) is 3.32. The summed E-state index contributed by atoms with van der Waals surface area (Å²) in [6.45, 7) is 5.14. The van der Waals surface area contributed by atoms with Crippen molar-refractivity contribution in [3.63, 3.8) is 0 Å². The molecule has 0 aliphatic rings. The number of thiophene rings is 2. The van der Waals surface area contributed by atoms with Gasteiger partial charge in [-0.1, -0.05) is 30.3 Å². The van der Waals surface area contributed by atoms with Gasteiger partial charge in [-0.05, 0) is 30.9 Å². The molecule has 1 aromatic carbocycles. The van der Waals surface area contributed by atoms with Crippen LogP contribution in [-0.2, 0) is 6.54 Å². The van der Waals surface area contributed by atoms with E-state index in [4.69, 9.17) is 4.98 Å². The summed E-state index contributed by atoms with van der Waals surface area (Å²) in [6.07, 6.45) is 0. The lowest BCUT2D eigenvalue weighted by Gasteiger charge is -2.21. The molecule has 0 aliphatic carbocycles. The Balaban J connectivity index is 1.66. The van der Waals surface area contributed by atoms with E-state index in [2.05, 4.69) is 50.1 Å². The Bertz CT molecular complexity index is 1130. The van der Waals surface area contributed by atoms with Crippen molar-refractivity contribution in [2.45, 2.75) is 26.4 Å². The number of quaternary nitrogens is 1. The van der Waals surface area contributed by atoms with Crippen molar-refractivity contribution in [1.82, 2.24) is 9.97 Å². The van der Waals surface area contributed by atoms with Gasteiger partial charge in [0.25, 0.3) is 5.56 Å². The highest BCUT2D eigenvalue weighted by Crippen LogP contribution is 2.33. The van der Waals surface area contributed by atoms with Gasteiger partial charge >= 0.3 is 0 Å². The van der Waals surface area contributed by atoms with Crippen LogP contribution < -0.4 is 10.5 Å². The van der Waals surface area contributed by atoms with Crippen molar-refractivity contribution in [2.24, 2.45) is 0 Å². The Morgan fingerprint density at radius 3 is 2.74 bits per heavy atom. The summed E-state index contributed by atoms with van der Waals surface area (Å²) in [5, 5.41) is 4.77. The van der Waals surface area contributed by atoms with Crippen molar-refractivity contribution in [3.8, 4) is 10.4 Å². The third-order valence-electron chi connectivity index (χ3n) is 5.13. The largest absolute Gasteiger partial charge is 0.325 e. The van der Waals surface area contributed by atoms with E-state index < -0.39 is 0 Å². The number of H-pyrrole nitrogens is 1. The Kier molecular flexibility index (Phi) is 4.95. The minimum absolute atomic E-state index is 0.0461. The first-order valence-corrected chi connectivity index (χ1v) is 10.7. The molecule has 4 rings (SSSR count). The van der Waals surface area contributed by atoms with E-state index in [1.54, 1.807) is 22.7 Å². The molecule has 0 aliphatic heterocycles. The van der Waals surface area contributed by atoms with Crippen LogP contribution in [0.3, 0.4) is 0 Å². The topological polar surface area (TPSA) is 50.2 Å². The van der Waals surface area contributed by atoms with E-state index in [-0.39, 0.29) is 11.6 Å². The molecule has 3 heterocycles. The van der Waals surface area contributed by atoms with Crippen molar-refractivity contribution in [3.05, 3.63) is 74.5 Å². The van der Waals surface area contributed by atoms with E-state index >= 15 is 0 Å². The van der Waals surface area contributed by atoms with Crippen LogP contribution in [0.1, 0.15) is 29.9 Å². The highest BCUT2D eigenvalue weighted by atomic mass is 32.1. The number of fused-ring (bicyclic) bond motifs is 1. The zero-order valence-corrected chi connectivity index (χ0v) is 17.2. The maximum Gasteiger partial charge on any atom is 0.260 e. The summed E-state index contributed by atoms with van der Waals surface area (Å²) >= 11 is 3.19. The molecule has 0 fully saturated rings. The van der Waals surface area contributed by atoms with Crippen molar-refractivity contribution in [1.29, 1.82) is 0 Å². The first-order valence-electron chi connectivity index (χ1n) is 8.96. The van der Waals surface area contributed by atoms with Gasteiger partial charge in [-0.2, -0.15) is 0 Å². The molecule has 0 amide bonds. The number of aryl methyl sites for hydroxylation is 1. The van der Waals surface area contributed by atoms with Gasteiger partial charge in [0.2, 0.25) is 0 Å². The summed E-state index contributed by atoms with van der Waals surface area (Å²) < 4.78 is 0. The van der Waals surface area contributed by atoms with E-state index in [0.717, 1.165) is 27.6 Å². The van der Waals surface area contributed by atoms with Crippen LogP contribution in [0.2, 0.25) is 0 Å². The molecular weight excluding hydrogens is 374 g/mol. The zero-order valence-electron chi connectivity index (χ0n) is 15.6. The molecule has 6 heteroatoms. The molecule has 3 aromatic heterocycles. The number of benzene rings is 1. The van der Waals surface area contributed by atoms with Gasteiger partial charge < -0.3 is 9.88 Å². The standard InChI is InChI=1S/C21H21N3OS2/c1-13-7-4-5-8-15(13)11-24(3)14(2)19-22-20(25)18-16(12-27-21(18)23-19)17-9-6-10-26-17/h4-10,12,14H,11H2,1-3H3,(H,22,23,25)/p+1/t14-/m1/s1. The van der Waals surface area contributed by atoms with Gasteiger partial charge in [0.15, 0.2) is 5.82 Å². The predicted octanol–water partition coefficient (Wildman–Crippen LogP) is 3.80. The molecule has 27 heavy (non-hydrogen) atoms. The van der Waals surface area contributed by atoms with Gasteiger partial charge in [0.05, 0.1) is 12.4 Å². The van der Waals surface area contributed by atoms with Gasteiger partial charge in [-0.3, -0.25) is 4.79 Å². The quantitative estimate of drug-likeness (QED) is 0.539. The fraction of sp³-hybridized carbons (Fsp3) is 0.238. The molecule has 2 N–H and O–H groups in total. The van der Waals surface area contributed by atoms with Gasteiger partial charge in [0, 0.05) is 21.4 Å². The fourth-order valence-electron chi connectivity index (χ4n) is 3.28. The number of nitrogens with one attached hydrogen (secondary N) is 2. The Morgan fingerprint density at radius 1 is 1.19 bits per heavy atom. The van der Waals surface area contributed by atoms with Crippen LogP contribution in [0.5, 0.6) is 0 Å². The van der Waals surface area contributed by atoms with E-state index in [9.17, 15) is 4.79 Å². The van der Waals surface area contributed by atoms with E-state index in [1.165, 1.54) is 16.0 Å². The molecule has 0 saturated carbocycles. The van der Waals surface area contributed by atoms with Crippen molar-refractivity contribution >= 4 is 32.9 Å². The predicted molar refractivity (Wildman–Crippen MR) is 114 cm³/mol. The minimum Gasteiger partial charge on any atom is -0.325 e. The van der Waals surface area contributed by atoms with Crippen LogP contribution in [0, 0.1) is 6.92 Å². The smallest absolute Gasteiger partial charge is 0.260 e. The molecule has 2 atom stereocenters. The second-order valence-electron chi connectivity index (χ2n) is 6.93. The molecule has 0 bridgehead atoms. The highest BCUT2D eigenvalue weighted by Gasteiger charge is 2.21. The summed E-state index contributed by atoms with van der Waals surface area (Å²) in [5.74, 6) is 0.748. The number of nitrogens with zero attached hydrogens (tertiary/aromatic N) is 1. The molecule has 1 unspecified atom stereocenters. The number of hydrogen-bond acceptors (Lipinski definition) is 4. The molecule has 0 spiro atoms. The van der Waals surface area contributed by atoms with Crippen LogP contribution in [0.25, 0.3) is 20.7 Å². The third-order valence-corrected chi connectivity index (χ3v) is 6.90. The molecule has 0 radical (unpaired) electrons. The normalized spacial score (nSPS) is 13.7. The Labute approximate surface area is 166 Å². The monoisotopic (exact) mass is 396 g/mol. The Morgan fingerprint density at radius 2 is 2.00 bits per heavy atom. The second kappa shape index (κ2) is 7.38. The number of hydrogen-bond donors (Lipinski definition) is 2. The summed E-state index contributed by atoms with van der Waals surface area (Å²) in [7, 11) is 2.15. The molecule has 4 nitrogen and oxygen atoms in total. The molecule has 4 aromatic rings. The van der Waals surface area contributed by atoms with Crippen molar-refractivity contribution in [2.75, 3.05) is 7.05 Å². The first-order chi connectivity index (χ1) is 13.0. The first kappa shape index (κ1) is 18.1. The van der Waals surface area contributed by atoms with Crippen molar-refractivity contribution < 1.29 is 4.90 Å². The zero-order chi connectivity index (χ0) is 19.0. The lowest BCUT2D eigenvalue weighted by Crippen LogP contribution is -3.07. The van der Waals surface area contributed by atoms with E-state index in [1.807, 2.05) is 22.9 Å². The third kappa shape index (κ3) is 3.48. The highest BCUT2D eigenvalue weighted by molar-refractivity contribution is 7.18. The van der Waals surface area contributed by atoms with E-state index in [0.29, 0.717) is 5.39 Å². The second-order valence-corrected chi connectivity index (χ2v) is 8.74. The molecule has 0 saturated heterocycles. The molecule has 138 valence electrons.